The average Bonchev–Trinajstić information content (AvgIpc) is 3.68. The zero-order valence-corrected chi connectivity index (χ0v) is 20.8. The lowest BCUT2D eigenvalue weighted by Gasteiger charge is -2.35. The van der Waals surface area contributed by atoms with Gasteiger partial charge in [0.1, 0.15) is 31.0 Å². The highest BCUT2D eigenvalue weighted by atomic mass is 16.5. The standard InChI is InChI=1S/C25H30N9O3/c1-35-15-16-36-19-6-4-18(5-7-19)32-11-8-31(9-12-32)10-13-33-23-20(17-27-33)24-28-22(21-3-2-14-37-21)30-34(24)25(26)29-23/h2-7,14H,8-13,15-17H2,1H3,(H2,26,29)/q+1. The number of hydrogen-bond donors (Lipinski definition) is 1. The Morgan fingerprint density at radius 2 is 1.89 bits per heavy atom. The van der Waals surface area contributed by atoms with Crippen LogP contribution in [0.2, 0.25) is 0 Å². The normalized spacial score (nSPS) is 15.8. The number of benzene rings is 1. The van der Waals surface area contributed by atoms with Gasteiger partial charge in [-0.05, 0) is 36.4 Å². The first-order valence-corrected chi connectivity index (χ1v) is 12.4. The molecule has 2 aliphatic heterocycles. The van der Waals surface area contributed by atoms with Crippen LogP contribution in [0.25, 0.3) is 17.2 Å². The first kappa shape index (κ1) is 23.4. The number of nitrogens with zero attached hydrogens (tertiary/aromatic N) is 8. The molecule has 0 atom stereocenters. The first-order valence-electron chi connectivity index (χ1n) is 12.4. The van der Waals surface area contributed by atoms with Gasteiger partial charge in [-0.25, -0.2) is 4.98 Å². The monoisotopic (exact) mass is 504 g/mol. The van der Waals surface area contributed by atoms with Crippen LogP contribution in [0.3, 0.4) is 0 Å². The lowest BCUT2D eigenvalue weighted by molar-refractivity contribution is -0.511. The van der Waals surface area contributed by atoms with Crippen LogP contribution in [0.5, 0.6) is 5.75 Å². The number of nitrogens with two attached hydrogens (primary N) is 1. The Labute approximate surface area is 213 Å². The van der Waals surface area contributed by atoms with Crippen LogP contribution in [0.15, 0.2) is 52.2 Å². The Morgan fingerprint density at radius 1 is 1.05 bits per heavy atom. The summed E-state index contributed by atoms with van der Waals surface area (Å²) in [6.45, 7) is 7.18. The van der Waals surface area contributed by atoms with E-state index in [-0.39, 0.29) is 5.95 Å². The number of rotatable bonds is 9. The quantitative estimate of drug-likeness (QED) is 0.270. The highest BCUT2D eigenvalue weighted by molar-refractivity contribution is 5.63. The summed E-state index contributed by atoms with van der Waals surface area (Å²) in [7, 11) is 1.67. The van der Waals surface area contributed by atoms with Gasteiger partial charge >= 0.3 is 11.8 Å². The number of azo groups is 2. The van der Waals surface area contributed by atoms with Gasteiger partial charge in [0.15, 0.2) is 11.4 Å². The third-order valence-corrected chi connectivity index (χ3v) is 6.73. The van der Waals surface area contributed by atoms with Crippen LogP contribution in [0.1, 0.15) is 5.56 Å². The lowest BCUT2D eigenvalue weighted by Crippen LogP contribution is -2.47. The molecule has 5 heterocycles. The number of fused-ring (bicyclic) bond motifs is 3. The molecule has 4 aromatic rings. The Morgan fingerprint density at radius 3 is 2.65 bits per heavy atom. The molecule has 0 radical (unpaired) electrons. The van der Waals surface area contributed by atoms with Crippen LogP contribution >= 0.6 is 0 Å². The molecule has 2 N–H and O–H groups in total. The average molecular weight is 505 g/mol. The lowest BCUT2D eigenvalue weighted by atomic mass is 10.2. The van der Waals surface area contributed by atoms with Crippen molar-refractivity contribution < 1.29 is 18.6 Å². The molecule has 0 bridgehead atoms. The molecule has 0 unspecified atom stereocenters. The summed E-state index contributed by atoms with van der Waals surface area (Å²) < 4.78 is 19.7. The highest BCUT2D eigenvalue weighted by Gasteiger charge is 2.32. The molecule has 3 aromatic heterocycles. The molecule has 0 spiro atoms. The van der Waals surface area contributed by atoms with Gasteiger partial charge in [-0.15, -0.1) is 14.9 Å². The number of hydrogen-bond acceptors (Lipinski definition) is 10. The van der Waals surface area contributed by atoms with Crippen LogP contribution in [-0.2, 0) is 11.3 Å². The second-order valence-electron chi connectivity index (χ2n) is 9.01. The molecule has 6 rings (SSSR count). The zero-order valence-electron chi connectivity index (χ0n) is 20.8. The number of anilines is 2. The summed E-state index contributed by atoms with van der Waals surface area (Å²) in [4.78, 5) is 14.1. The van der Waals surface area contributed by atoms with Crippen molar-refractivity contribution >= 4 is 23.1 Å². The predicted octanol–water partition coefficient (Wildman–Crippen LogP) is 2.42. The largest absolute Gasteiger partial charge is 0.491 e. The van der Waals surface area contributed by atoms with Gasteiger partial charge in [-0.2, -0.15) is 4.52 Å². The van der Waals surface area contributed by atoms with E-state index in [1.165, 1.54) is 5.69 Å². The topological polar surface area (TPSA) is 123 Å². The van der Waals surface area contributed by atoms with Crippen molar-refractivity contribution in [1.29, 1.82) is 0 Å². The Hall–Kier alpha value is -4.03. The van der Waals surface area contributed by atoms with Crippen LogP contribution in [-0.4, -0.2) is 88.8 Å². The predicted molar refractivity (Wildman–Crippen MR) is 136 cm³/mol. The van der Waals surface area contributed by atoms with E-state index >= 15 is 0 Å². The maximum absolute atomic E-state index is 6.23. The van der Waals surface area contributed by atoms with Gasteiger partial charge in [0.25, 0.3) is 0 Å². The number of aromatic nitrogens is 4. The van der Waals surface area contributed by atoms with Crippen LogP contribution in [0.4, 0.5) is 17.5 Å². The molecule has 0 saturated carbocycles. The molecule has 1 saturated heterocycles. The van der Waals surface area contributed by atoms with E-state index in [4.69, 9.17) is 24.7 Å². The molecule has 12 nitrogen and oxygen atoms in total. The minimum atomic E-state index is 0.282. The van der Waals surface area contributed by atoms with E-state index in [9.17, 15) is 0 Å². The number of methoxy groups -OCH3 is 1. The molecule has 192 valence electrons. The summed E-state index contributed by atoms with van der Waals surface area (Å²) in [5.41, 5.74) is 9.04. The summed E-state index contributed by atoms with van der Waals surface area (Å²) in [6, 6.07) is 11.9. The van der Waals surface area contributed by atoms with Crippen molar-refractivity contribution in [3.05, 3.63) is 48.2 Å². The third-order valence-electron chi connectivity index (χ3n) is 6.73. The van der Waals surface area contributed by atoms with Gasteiger partial charge in [-0.3, -0.25) is 4.90 Å². The number of piperazine rings is 1. The van der Waals surface area contributed by atoms with Crippen molar-refractivity contribution in [2.45, 2.75) is 6.54 Å². The summed E-state index contributed by atoms with van der Waals surface area (Å²) in [6.07, 6.45) is 1.60. The van der Waals surface area contributed by atoms with Crippen LogP contribution < -0.4 is 15.4 Å². The second-order valence-corrected chi connectivity index (χ2v) is 9.01. The van der Waals surface area contributed by atoms with Crippen molar-refractivity contribution in [2.24, 2.45) is 5.11 Å². The van der Waals surface area contributed by atoms with Gasteiger partial charge in [0.2, 0.25) is 5.82 Å². The van der Waals surface area contributed by atoms with Crippen LogP contribution in [0, 0.1) is 0 Å². The number of nitrogen functional groups attached to an aromatic ring is 1. The van der Waals surface area contributed by atoms with E-state index in [0.717, 1.165) is 56.4 Å². The van der Waals surface area contributed by atoms with Crippen molar-refractivity contribution in [3.63, 3.8) is 0 Å². The molecule has 0 amide bonds. The Bertz CT molecular complexity index is 1390. The van der Waals surface area contributed by atoms with Crippen molar-refractivity contribution in [3.8, 4) is 17.3 Å². The molecule has 37 heavy (non-hydrogen) atoms. The van der Waals surface area contributed by atoms with Gasteiger partial charge in [-0.1, -0.05) is 0 Å². The fraction of sp³-hybridized carbons (Fsp3) is 0.400. The maximum atomic E-state index is 6.23. The minimum Gasteiger partial charge on any atom is -0.491 e. The summed E-state index contributed by atoms with van der Waals surface area (Å²) in [5, 5.41) is 9.17. The molecule has 2 aliphatic rings. The van der Waals surface area contributed by atoms with Gasteiger partial charge < -0.3 is 24.5 Å². The molecule has 0 aliphatic carbocycles. The fourth-order valence-corrected chi connectivity index (χ4v) is 4.72. The summed E-state index contributed by atoms with van der Waals surface area (Å²) >= 11 is 0. The maximum Gasteiger partial charge on any atom is 0.356 e. The van der Waals surface area contributed by atoms with E-state index in [0.29, 0.717) is 37.0 Å². The smallest absolute Gasteiger partial charge is 0.356 e. The first-order chi connectivity index (χ1) is 18.2. The molecule has 1 aromatic carbocycles. The van der Waals surface area contributed by atoms with Gasteiger partial charge in [0.05, 0.1) is 12.9 Å². The zero-order chi connectivity index (χ0) is 25.2. The molecular formula is C25H30N9O3+. The van der Waals surface area contributed by atoms with E-state index in [1.54, 1.807) is 24.0 Å². The molecular weight excluding hydrogens is 474 g/mol. The van der Waals surface area contributed by atoms with E-state index < -0.39 is 0 Å². The second kappa shape index (κ2) is 10.1. The Kier molecular flexibility index (Phi) is 6.41. The summed E-state index contributed by atoms with van der Waals surface area (Å²) in [5.74, 6) is 2.98. The van der Waals surface area contributed by atoms with Crippen molar-refractivity contribution in [1.82, 2.24) is 24.5 Å². The van der Waals surface area contributed by atoms with Gasteiger partial charge in [0, 0.05) is 50.5 Å². The molecule has 1 fully saturated rings. The number of furan rings is 1. The minimum absolute atomic E-state index is 0.282. The SMILES string of the molecule is COCCOc1ccc(N2CCN(CC[N+]3=NCc4c3nc(N)n3nc(-c5ccco5)nc43)CC2)cc1. The fourth-order valence-electron chi connectivity index (χ4n) is 4.72. The third kappa shape index (κ3) is 4.72. The van der Waals surface area contributed by atoms with E-state index in [2.05, 4.69) is 37.0 Å². The molecule has 12 heteroatoms. The van der Waals surface area contributed by atoms with Crippen molar-refractivity contribution in [2.75, 3.05) is 70.2 Å². The highest BCUT2D eigenvalue weighted by Crippen LogP contribution is 2.30. The number of ether oxygens (including phenoxy) is 2. The van der Waals surface area contributed by atoms with E-state index in [1.807, 2.05) is 22.9 Å². The Balaban J connectivity index is 1.05.